The molecule has 0 bridgehead atoms. The van der Waals surface area contributed by atoms with Crippen LogP contribution in [0.4, 0.5) is 0 Å². The molecule has 29 heavy (non-hydrogen) atoms. The first-order valence-corrected chi connectivity index (χ1v) is 10.4. The van der Waals surface area contributed by atoms with Crippen LogP contribution in [0.25, 0.3) is 0 Å². The van der Waals surface area contributed by atoms with E-state index in [1.54, 1.807) is 0 Å². The molecule has 4 atom stereocenters. The Morgan fingerprint density at radius 2 is 1.97 bits per heavy atom. The van der Waals surface area contributed by atoms with Gasteiger partial charge in [-0.2, -0.15) is 0 Å². The lowest BCUT2D eigenvalue weighted by atomic mass is 9.46. The third-order valence-electron chi connectivity index (χ3n) is 7.90. The van der Waals surface area contributed by atoms with Crippen LogP contribution in [-0.2, 0) is 14.4 Å². The highest BCUT2D eigenvalue weighted by atomic mass is 16.4. The van der Waals surface area contributed by atoms with Gasteiger partial charge < -0.3 is 15.5 Å². The van der Waals surface area contributed by atoms with Gasteiger partial charge in [0.25, 0.3) is 0 Å². The smallest absolute Gasteiger partial charge is 0.322 e. The first kappa shape index (κ1) is 21.3. The highest BCUT2D eigenvalue weighted by Gasteiger charge is 2.54. The van der Waals surface area contributed by atoms with E-state index in [0.717, 1.165) is 31.8 Å². The van der Waals surface area contributed by atoms with Gasteiger partial charge in [-0.15, -0.1) is 0 Å². The standard InChI is InChI=1S/C23H31NO5/c1-13-6-5-7-18-22(13,3)9-8-14(2)23(18,4)11-15-20(28)16(24-12-19(26)27)10-17(25)21(15)29/h6,10,14,18,24,28H,5,7-9,11-12H2,1-4H3,(H,26,27)/t14-,18+,22+,23+/m0/s1. The molecule has 0 heterocycles. The number of rotatable bonds is 5. The first-order valence-electron chi connectivity index (χ1n) is 10.4. The van der Waals surface area contributed by atoms with E-state index in [-0.39, 0.29) is 27.9 Å². The maximum atomic E-state index is 12.7. The van der Waals surface area contributed by atoms with Crippen LogP contribution in [0.15, 0.2) is 34.8 Å². The van der Waals surface area contributed by atoms with Gasteiger partial charge in [0.05, 0.1) is 5.70 Å². The van der Waals surface area contributed by atoms with Crippen LogP contribution in [0.5, 0.6) is 0 Å². The number of carboxylic acids is 1. The summed E-state index contributed by atoms with van der Waals surface area (Å²) in [6.45, 7) is 8.42. The molecular formula is C23H31NO5. The molecule has 0 aromatic carbocycles. The van der Waals surface area contributed by atoms with Gasteiger partial charge in [0.15, 0.2) is 0 Å². The van der Waals surface area contributed by atoms with Crippen molar-refractivity contribution in [2.75, 3.05) is 6.54 Å². The fraction of sp³-hybridized carbons (Fsp3) is 0.609. The molecule has 0 aromatic heterocycles. The number of aliphatic hydroxyl groups is 1. The van der Waals surface area contributed by atoms with Crippen molar-refractivity contribution in [1.82, 2.24) is 5.32 Å². The minimum Gasteiger partial charge on any atom is -0.505 e. The number of hydrogen-bond donors (Lipinski definition) is 3. The number of fused-ring (bicyclic) bond motifs is 1. The van der Waals surface area contributed by atoms with E-state index in [9.17, 15) is 19.5 Å². The maximum absolute atomic E-state index is 12.7. The molecule has 0 unspecified atom stereocenters. The Morgan fingerprint density at radius 1 is 1.28 bits per heavy atom. The van der Waals surface area contributed by atoms with E-state index in [1.165, 1.54) is 5.57 Å². The van der Waals surface area contributed by atoms with Gasteiger partial charge in [-0.25, -0.2) is 0 Å². The number of nitrogens with one attached hydrogen (secondary N) is 1. The zero-order valence-electron chi connectivity index (χ0n) is 17.7. The molecule has 0 spiro atoms. The first-order chi connectivity index (χ1) is 13.5. The minimum atomic E-state index is -1.11. The highest BCUT2D eigenvalue weighted by Crippen LogP contribution is 2.62. The third kappa shape index (κ3) is 3.53. The molecule has 1 fully saturated rings. The summed E-state index contributed by atoms with van der Waals surface area (Å²) in [5.41, 5.74) is 1.31. The second-order valence-electron chi connectivity index (χ2n) is 9.38. The molecule has 0 aromatic rings. The molecule has 1 saturated carbocycles. The van der Waals surface area contributed by atoms with E-state index in [4.69, 9.17) is 5.11 Å². The lowest BCUT2D eigenvalue weighted by Crippen LogP contribution is -2.50. The third-order valence-corrected chi connectivity index (χ3v) is 7.90. The molecule has 0 amide bonds. The summed E-state index contributed by atoms with van der Waals surface area (Å²) in [5, 5.41) is 22.2. The summed E-state index contributed by atoms with van der Waals surface area (Å²) in [6, 6.07) is 0. The average Bonchev–Trinajstić information content (AvgIpc) is 2.66. The summed E-state index contributed by atoms with van der Waals surface area (Å²) in [6.07, 6.45) is 7.75. The van der Waals surface area contributed by atoms with Crippen molar-refractivity contribution >= 4 is 17.5 Å². The van der Waals surface area contributed by atoms with Crippen molar-refractivity contribution in [3.05, 3.63) is 34.8 Å². The molecule has 6 heteroatoms. The van der Waals surface area contributed by atoms with Crippen LogP contribution in [0.3, 0.4) is 0 Å². The van der Waals surface area contributed by atoms with E-state index in [0.29, 0.717) is 18.3 Å². The van der Waals surface area contributed by atoms with Crippen molar-refractivity contribution in [3.63, 3.8) is 0 Å². The average molecular weight is 402 g/mol. The number of ketones is 2. The minimum absolute atomic E-state index is 0.0153. The lowest BCUT2D eigenvalue weighted by Gasteiger charge is -2.58. The van der Waals surface area contributed by atoms with E-state index in [1.807, 2.05) is 0 Å². The fourth-order valence-corrected chi connectivity index (χ4v) is 5.74. The summed E-state index contributed by atoms with van der Waals surface area (Å²) in [5.74, 6) is -2.14. The topological polar surface area (TPSA) is 104 Å². The fourth-order valence-electron chi connectivity index (χ4n) is 5.74. The van der Waals surface area contributed by atoms with Crippen LogP contribution in [0, 0.1) is 22.7 Å². The zero-order valence-corrected chi connectivity index (χ0v) is 17.7. The molecule has 3 aliphatic carbocycles. The molecule has 0 radical (unpaired) electrons. The van der Waals surface area contributed by atoms with Crippen LogP contribution in [0.1, 0.15) is 59.8 Å². The van der Waals surface area contributed by atoms with E-state index < -0.39 is 24.1 Å². The molecule has 6 nitrogen and oxygen atoms in total. The van der Waals surface area contributed by atoms with E-state index >= 15 is 0 Å². The van der Waals surface area contributed by atoms with Crippen molar-refractivity contribution in [2.24, 2.45) is 22.7 Å². The van der Waals surface area contributed by atoms with Gasteiger partial charge in [-0.05, 0) is 61.7 Å². The number of carboxylic acid groups (broad SMARTS) is 1. The molecule has 3 aliphatic rings. The summed E-state index contributed by atoms with van der Waals surface area (Å²) < 4.78 is 0. The van der Waals surface area contributed by atoms with Crippen LogP contribution in [0.2, 0.25) is 0 Å². The number of carbonyl (C=O) groups is 3. The Hall–Kier alpha value is -2.37. The summed E-state index contributed by atoms with van der Waals surface area (Å²) in [4.78, 5) is 35.8. The van der Waals surface area contributed by atoms with Gasteiger partial charge >= 0.3 is 5.97 Å². The Balaban J connectivity index is 1.99. The van der Waals surface area contributed by atoms with Gasteiger partial charge in [-0.1, -0.05) is 32.4 Å². The van der Waals surface area contributed by atoms with Crippen molar-refractivity contribution in [3.8, 4) is 0 Å². The molecule has 3 N–H and O–H groups in total. The number of carbonyl (C=O) groups excluding carboxylic acids is 2. The van der Waals surface area contributed by atoms with Crippen molar-refractivity contribution in [1.29, 1.82) is 0 Å². The monoisotopic (exact) mass is 401 g/mol. The molecule has 158 valence electrons. The van der Waals surface area contributed by atoms with Gasteiger partial charge in [0.2, 0.25) is 11.6 Å². The Labute approximate surface area is 171 Å². The predicted molar refractivity (Wildman–Crippen MR) is 109 cm³/mol. The maximum Gasteiger partial charge on any atom is 0.322 e. The van der Waals surface area contributed by atoms with E-state index in [2.05, 4.69) is 39.1 Å². The summed E-state index contributed by atoms with van der Waals surface area (Å²) in [7, 11) is 0. The predicted octanol–water partition coefficient (Wildman–Crippen LogP) is 3.70. The SMILES string of the molecule is CC1=CCC[C@H]2[C@](C)(CC3=C(O)C(NCC(=O)O)=CC(=O)C3=O)[C@@H](C)CC[C@]12C. The molecule has 3 rings (SSSR count). The Bertz CT molecular complexity index is 851. The number of allylic oxidation sites excluding steroid dienone is 4. The van der Waals surface area contributed by atoms with Crippen LogP contribution >= 0.6 is 0 Å². The number of Topliss-reactive ketones (excluding diaryl/α,β-unsaturated/α-hetero) is 1. The molecule has 0 saturated heterocycles. The summed E-state index contributed by atoms with van der Waals surface area (Å²) >= 11 is 0. The number of aliphatic carboxylic acids is 1. The van der Waals surface area contributed by atoms with Gasteiger partial charge in [0.1, 0.15) is 12.3 Å². The Morgan fingerprint density at radius 3 is 2.62 bits per heavy atom. The van der Waals surface area contributed by atoms with Gasteiger partial charge in [-0.3, -0.25) is 14.4 Å². The van der Waals surface area contributed by atoms with Crippen LogP contribution in [-0.4, -0.2) is 34.3 Å². The zero-order chi connectivity index (χ0) is 21.6. The number of aliphatic hydroxyl groups excluding tert-OH is 1. The largest absolute Gasteiger partial charge is 0.505 e. The second-order valence-corrected chi connectivity index (χ2v) is 9.38. The lowest BCUT2D eigenvalue weighted by molar-refractivity contribution is -0.135. The molecular weight excluding hydrogens is 370 g/mol. The normalized spacial score (nSPS) is 35.0. The van der Waals surface area contributed by atoms with Crippen molar-refractivity contribution in [2.45, 2.75) is 59.8 Å². The van der Waals surface area contributed by atoms with Crippen molar-refractivity contribution < 1.29 is 24.6 Å². The highest BCUT2D eigenvalue weighted by molar-refractivity contribution is 6.48. The number of hydrogen-bond acceptors (Lipinski definition) is 5. The molecule has 0 aliphatic heterocycles. The quantitative estimate of drug-likeness (QED) is 0.369. The van der Waals surface area contributed by atoms with Gasteiger partial charge in [0, 0.05) is 11.6 Å². The van der Waals surface area contributed by atoms with Crippen LogP contribution < -0.4 is 5.32 Å². The Kier molecular flexibility index (Phi) is 5.50. The second kappa shape index (κ2) is 7.47.